The number of morpholine rings is 1. The highest BCUT2D eigenvalue weighted by molar-refractivity contribution is 7.20. The number of hydrogen-bond acceptors (Lipinski definition) is 7. The number of hydrogen-bond donors (Lipinski definition) is 0. The van der Waals surface area contributed by atoms with E-state index in [0.29, 0.717) is 26.3 Å². The maximum atomic E-state index is 11.9. The molecule has 1 saturated heterocycles. The van der Waals surface area contributed by atoms with Crippen LogP contribution in [0.1, 0.15) is 10.5 Å². The fraction of sp³-hybridized carbons (Fsp3) is 0.357. The number of aromatic nitrogens is 1. The van der Waals surface area contributed by atoms with E-state index in [9.17, 15) is 9.59 Å². The molecule has 1 aliphatic rings. The van der Waals surface area contributed by atoms with E-state index in [1.54, 1.807) is 21.6 Å². The highest BCUT2D eigenvalue weighted by Crippen LogP contribution is 2.27. The third-order valence-electron chi connectivity index (χ3n) is 3.14. The van der Waals surface area contributed by atoms with Crippen molar-refractivity contribution in [3.05, 3.63) is 28.6 Å². The maximum Gasteiger partial charge on any atom is 0.358 e. The van der Waals surface area contributed by atoms with Gasteiger partial charge < -0.3 is 14.4 Å². The molecule has 1 amide bonds. The van der Waals surface area contributed by atoms with Crippen molar-refractivity contribution in [1.29, 1.82) is 0 Å². The monoisotopic (exact) mass is 338 g/mol. The zero-order valence-corrected chi connectivity index (χ0v) is 13.3. The zero-order valence-electron chi connectivity index (χ0n) is 11.7. The fourth-order valence-electron chi connectivity index (χ4n) is 1.99. The molecule has 2 aromatic heterocycles. The quantitative estimate of drug-likeness (QED) is 0.796. The number of thiophene rings is 1. The van der Waals surface area contributed by atoms with E-state index in [1.165, 1.54) is 11.3 Å². The lowest BCUT2D eigenvalue weighted by molar-refractivity contribution is -0.138. The van der Waals surface area contributed by atoms with Crippen molar-refractivity contribution in [3.63, 3.8) is 0 Å². The van der Waals surface area contributed by atoms with E-state index < -0.39 is 5.97 Å². The summed E-state index contributed by atoms with van der Waals surface area (Å²) >= 11 is 2.95. The highest BCUT2D eigenvalue weighted by Gasteiger charge is 2.20. The van der Waals surface area contributed by atoms with Crippen molar-refractivity contribution in [2.75, 3.05) is 32.9 Å². The number of carbonyl (C=O) groups is 2. The molecule has 0 aliphatic carbocycles. The van der Waals surface area contributed by atoms with Crippen LogP contribution in [0.5, 0.6) is 0 Å². The van der Waals surface area contributed by atoms with Gasteiger partial charge in [0.25, 0.3) is 5.91 Å². The van der Waals surface area contributed by atoms with E-state index in [2.05, 4.69) is 4.98 Å². The van der Waals surface area contributed by atoms with Crippen LogP contribution in [0.2, 0.25) is 0 Å². The molecular weight excluding hydrogens is 324 g/mol. The molecule has 116 valence electrons. The second kappa shape index (κ2) is 6.99. The summed E-state index contributed by atoms with van der Waals surface area (Å²) in [4.78, 5) is 30.7. The number of rotatable bonds is 4. The van der Waals surface area contributed by atoms with Gasteiger partial charge in [0.2, 0.25) is 0 Å². The Morgan fingerprint density at radius 2 is 2.14 bits per heavy atom. The molecule has 0 atom stereocenters. The van der Waals surface area contributed by atoms with Crippen molar-refractivity contribution in [3.8, 4) is 9.88 Å². The average Bonchev–Trinajstić information content (AvgIpc) is 3.23. The van der Waals surface area contributed by atoms with E-state index in [4.69, 9.17) is 9.47 Å². The molecule has 0 aromatic carbocycles. The number of esters is 1. The second-order valence-electron chi connectivity index (χ2n) is 4.58. The third kappa shape index (κ3) is 3.52. The fourth-order valence-corrected chi connectivity index (χ4v) is 3.59. The summed E-state index contributed by atoms with van der Waals surface area (Å²) in [5.41, 5.74) is 0.239. The molecule has 0 N–H and O–H groups in total. The lowest BCUT2D eigenvalue weighted by atomic mass is 10.4. The normalized spacial score (nSPS) is 14.8. The van der Waals surface area contributed by atoms with Gasteiger partial charge in [0.05, 0.1) is 18.1 Å². The minimum Gasteiger partial charge on any atom is -0.451 e. The lowest BCUT2D eigenvalue weighted by Crippen LogP contribution is -2.42. The number of amides is 1. The Bertz CT molecular complexity index is 648. The van der Waals surface area contributed by atoms with E-state index in [0.717, 1.165) is 9.88 Å². The number of ether oxygens (including phenoxy) is 2. The van der Waals surface area contributed by atoms with Gasteiger partial charge in [0.15, 0.2) is 12.3 Å². The molecule has 6 nitrogen and oxygen atoms in total. The number of nitrogens with zero attached hydrogens (tertiary/aromatic N) is 2. The van der Waals surface area contributed by atoms with Gasteiger partial charge in [-0.2, -0.15) is 0 Å². The SMILES string of the molecule is O=C(OCC(=O)N1CCOCC1)c1csc(-c2cccs2)n1. The first-order chi connectivity index (χ1) is 10.7. The van der Waals surface area contributed by atoms with Crippen LogP contribution < -0.4 is 0 Å². The number of thiazole rings is 1. The zero-order chi connectivity index (χ0) is 15.4. The van der Waals surface area contributed by atoms with Gasteiger partial charge in [-0.25, -0.2) is 9.78 Å². The molecule has 22 heavy (non-hydrogen) atoms. The summed E-state index contributed by atoms with van der Waals surface area (Å²) in [6.07, 6.45) is 0. The molecule has 1 fully saturated rings. The Morgan fingerprint density at radius 1 is 1.32 bits per heavy atom. The van der Waals surface area contributed by atoms with Gasteiger partial charge in [-0.1, -0.05) is 6.07 Å². The van der Waals surface area contributed by atoms with E-state index in [1.807, 2.05) is 17.5 Å². The molecule has 3 rings (SSSR count). The van der Waals surface area contributed by atoms with Crippen LogP contribution in [0.3, 0.4) is 0 Å². The van der Waals surface area contributed by atoms with Gasteiger partial charge >= 0.3 is 5.97 Å². The van der Waals surface area contributed by atoms with Crippen LogP contribution in [0.25, 0.3) is 9.88 Å². The predicted molar refractivity (Wildman–Crippen MR) is 83.1 cm³/mol. The smallest absolute Gasteiger partial charge is 0.358 e. The standard InChI is InChI=1S/C14H14N2O4S2/c17-12(16-3-5-19-6-4-16)8-20-14(18)10-9-22-13(15-10)11-2-1-7-21-11/h1-2,7,9H,3-6,8H2. The van der Waals surface area contributed by atoms with Gasteiger partial charge in [-0.15, -0.1) is 22.7 Å². The lowest BCUT2D eigenvalue weighted by Gasteiger charge is -2.26. The molecule has 0 saturated carbocycles. The van der Waals surface area contributed by atoms with Crippen LogP contribution >= 0.6 is 22.7 Å². The van der Waals surface area contributed by atoms with Crippen molar-refractivity contribution in [1.82, 2.24) is 9.88 Å². The largest absolute Gasteiger partial charge is 0.451 e. The third-order valence-corrected chi connectivity index (χ3v) is 5.02. The van der Waals surface area contributed by atoms with Crippen LogP contribution in [0.4, 0.5) is 0 Å². The Labute approximate surface area is 135 Å². The Kier molecular flexibility index (Phi) is 4.81. The van der Waals surface area contributed by atoms with Crippen LogP contribution in [-0.4, -0.2) is 54.7 Å². The Hall–Kier alpha value is -1.77. The van der Waals surface area contributed by atoms with E-state index in [-0.39, 0.29) is 18.2 Å². The van der Waals surface area contributed by atoms with Gasteiger partial charge in [-0.3, -0.25) is 4.79 Å². The topological polar surface area (TPSA) is 68.7 Å². The van der Waals surface area contributed by atoms with Crippen molar-refractivity contribution in [2.24, 2.45) is 0 Å². The van der Waals surface area contributed by atoms with Gasteiger partial charge in [0.1, 0.15) is 5.01 Å². The number of carbonyl (C=O) groups excluding carboxylic acids is 2. The minimum absolute atomic E-state index is 0.203. The summed E-state index contributed by atoms with van der Waals surface area (Å²) in [5.74, 6) is -0.772. The van der Waals surface area contributed by atoms with Gasteiger partial charge in [0, 0.05) is 18.5 Å². The van der Waals surface area contributed by atoms with Gasteiger partial charge in [-0.05, 0) is 11.4 Å². The summed E-state index contributed by atoms with van der Waals surface area (Å²) in [6, 6.07) is 3.88. The first kappa shape index (κ1) is 15.1. The first-order valence-electron chi connectivity index (χ1n) is 6.76. The predicted octanol–water partition coefficient (Wildman–Crippen LogP) is 1.89. The molecule has 3 heterocycles. The molecule has 0 radical (unpaired) electrons. The summed E-state index contributed by atoms with van der Waals surface area (Å²) in [6.45, 7) is 1.86. The molecule has 0 spiro atoms. The van der Waals surface area contributed by atoms with Crippen molar-refractivity contribution >= 4 is 34.6 Å². The molecular formula is C14H14N2O4S2. The Morgan fingerprint density at radius 3 is 2.86 bits per heavy atom. The molecule has 0 bridgehead atoms. The maximum absolute atomic E-state index is 11.9. The summed E-state index contributed by atoms with van der Waals surface area (Å²) in [7, 11) is 0. The second-order valence-corrected chi connectivity index (χ2v) is 6.39. The van der Waals surface area contributed by atoms with Crippen molar-refractivity contribution < 1.29 is 19.1 Å². The molecule has 2 aromatic rings. The van der Waals surface area contributed by atoms with E-state index >= 15 is 0 Å². The first-order valence-corrected chi connectivity index (χ1v) is 8.52. The molecule has 8 heteroatoms. The minimum atomic E-state index is -0.569. The average molecular weight is 338 g/mol. The highest BCUT2D eigenvalue weighted by atomic mass is 32.1. The Balaban J connectivity index is 1.54. The van der Waals surface area contributed by atoms with Crippen LogP contribution in [0.15, 0.2) is 22.9 Å². The summed E-state index contributed by atoms with van der Waals surface area (Å²) < 4.78 is 10.2. The van der Waals surface area contributed by atoms with Crippen LogP contribution in [-0.2, 0) is 14.3 Å². The van der Waals surface area contributed by atoms with Crippen LogP contribution in [0, 0.1) is 0 Å². The molecule has 1 aliphatic heterocycles. The van der Waals surface area contributed by atoms with Crippen molar-refractivity contribution in [2.45, 2.75) is 0 Å². The summed E-state index contributed by atoms with van der Waals surface area (Å²) in [5, 5.41) is 4.38. The molecule has 0 unspecified atom stereocenters.